The zero-order valence-electron chi connectivity index (χ0n) is 14.2. The van der Waals surface area contributed by atoms with Crippen molar-refractivity contribution in [2.24, 2.45) is 0 Å². The topological polar surface area (TPSA) is 59.4 Å². The highest BCUT2D eigenvalue weighted by molar-refractivity contribution is 5.78. The molecule has 1 fully saturated rings. The molecule has 0 aromatic heterocycles. The van der Waals surface area contributed by atoms with Gasteiger partial charge in [0.2, 0.25) is 5.91 Å². The second kappa shape index (κ2) is 8.32. The average Bonchev–Trinajstić information content (AvgIpc) is 2.69. The molecule has 0 spiro atoms. The molecule has 0 aliphatic carbocycles. The van der Waals surface area contributed by atoms with Gasteiger partial charge in [-0.15, -0.1) is 0 Å². The van der Waals surface area contributed by atoms with Crippen LogP contribution >= 0.6 is 0 Å². The molecule has 0 radical (unpaired) electrons. The van der Waals surface area contributed by atoms with Gasteiger partial charge in [0.1, 0.15) is 0 Å². The van der Waals surface area contributed by atoms with Gasteiger partial charge in [-0.1, -0.05) is 30.3 Å². The second-order valence-electron chi connectivity index (χ2n) is 6.12. The fourth-order valence-corrected chi connectivity index (χ4v) is 2.98. The molecule has 1 amide bonds. The molecule has 5 nitrogen and oxygen atoms in total. The lowest BCUT2D eigenvalue weighted by Gasteiger charge is -2.36. The molecule has 2 aromatic carbocycles. The third kappa shape index (κ3) is 4.59. The van der Waals surface area contributed by atoms with Gasteiger partial charge in [0.15, 0.2) is 0 Å². The molecule has 1 N–H and O–H groups in total. The minimum atomic E-state index is 0.140. The Morgan fingerprint density at radius 2 is 1.68 bits per heavy atom. The van der Waals surface area contributed by atoms with Crippen LogP contribution in [0.15, 0.2) is 54.6 Å². The van der Waals surface area contributed by atoms with Crippen LogP contribution < -0.4 is 10.2 Å². The number of carbonyl (C=O) groups is 1. The Balaban J connectivity index is 1.41. The van der Waals surface area contributed by atoms with Gasteiger partial charge in [-0.05, 0) is 29.8 Å². The maximum Gasteiger partial charge on any atom is 0.236 e. The van der Waals surface area contributed by atoms with Crippen LogP contribution in [0.4, 0.5) is 5.69 Å². The Morgan fingerprint density at radius 3 is 2.32 bits per heavy atom. The minimum Gasteiger partial charge on any atom is -0.368 e. The predicted molar refractivity (Wildman–Crippen MR) is 98.1 cm³/mol. The quantitative estimate of drug-likeness (QED) is 0.908. The van der Waals surface area contributed by atoms with Gasteiger partial charge >= 0.3 is 0 Å². The minimum absolute atomic E-state index is 0.140. The molecule has 1 aliphatic rings. The van der Waals surface area contributed by atoms with Gasteiger partial charge in [0.05, 0.1) is 18.2 Å². The fourth-order valence-electron chi connectivity index (χ4n) is 2.98. The number of nitriles is 1. The Bertz CT molecular complexity index is 729. The molecule has 0 bridgehead atoms. The summed E-state index contributed by atoms with van der Waals surface area (Å²) in [5, 5.41) is 12.0. The predicted octanol–water partition coefficient (Wildman–Crippen LogP) is 2.00. The van der Waals surface area contributed by atoms with Crippen LogP contribution in [0.2, 0.25) is 0 Å². The first kappa shape index (κ1) is 17.0. The van der Waals surface area contributed by atoms with Crippen LogP contribution in [0.25, 0.3) is 0 Å². The largest absolute Gasteiger partial charge is 0.368 e. The summed E-state index contributed by atoms with van der Waals surface area (Å²) < 4.78 is 0. The highest BCUT2D eigenvalue weighted by Crippen LogP contribution is 2.15. The van der Waals surface area contributed by atoms with Crippen LogP contribution in [-0.4, -0.2) is 43.5 Å². The van der Waals surface area contributed by atoms with Gasteiger partial charge in [0, 0.05) is 38.4 Å². The zero-order chi connectivity index (χ0) is 17.5. The van der Waals surface area contributed by atoms with Crippen LogP contribution in [0, 0.1) is 11.3 Å². The normalized spacial score (nSPS) is 14.2. The molecular weight excluding hydrogens is 312 g/mol. The molecule has 0 atom stereocenters. The molecule has 0 unspecified atom stereocenters. The number of para-hydroxylation sites is 1. The number of nitrogens with zero attached hydrogens (tertiary/aromatic N) is 3. The number of nitrogens with one attached hydrogen (secondary N) is 1. The third-order valence-corrected chi connectivity index (χ3v) is 4.44. The molecule has 1 heterocycles. The highest BCUT2D eigenvalue weighted by atomic mass is 16.2. The summed E-state index contributed by atoms with van der Waals surface area (Å²) in [6.45, 7) is 4.21. The van der Waals surface area contributed by atoms with E-state index in [1.165, 1.54) is 5.69 Å². The number of piperazine rings is 1. The van der Waals surface area contributed by atoms with Crippen LogP contribution in [-0.2, 0) is 11.3 Å². The van der Waals surface area contributed by atoms with Crippen molar-refractivity contribution in [2.75, 3.05) is 37.6 Å². The maximum atomic E-state index is 12.3. The van der Waals surface area contributed by atoms with E-state index in [4.69, 9.17) is 5.26 Å². The molecule has 3 rings (SSSR count). The first-order valence-electron chi connectivity index (χ1n) is 8.54. The van der Waals surface area contributed by atoms with Crippen LogP contribution in [0.5, 0.6) is 0 Å². The van der Waals surface area contributed by atoms with E-state index in [1.54, 1.807) is 12.1 Å². The van der Waals surface area contributed by atoms with E-state index in [0.29, 0.717) is 18.7 Å². The maximum absolute atomic E-state index is 12.3. The van der Waals surface area contributed by atoms with Crippen molar-refractivity contribution in [3.05, 3.63) is 65.7 Å². The van der Waals surface area contributed by atoms with Crippen molar-refractivity contribution in [1.29, 1.82) is 5.26 Å². The molecule has 5 heteroatoms. The van der Waals surface area contributed by atoms with Gasteiger partial charge in [-0.3, -0.25) is 4.79 Å². The van der Waals surface area contributed by atoms with Gasteiger partial charge in [-0.25, -0.2) is 0 Å². The molecule has 1 saturated heterocycles. The SMILES string of the molecule is N#Cc1ccc(CNCC(=O)N2CCN(c3ccccc3)CC2)cc1. The summed E-state index contributed by atoms with van der Waals surface area (Å²) in [7, 11) is 0. The first-order valence-corrected chi connectivity index (χ1v) is 8.54. The molecule has 25 heavy (non-hydrogen) atoms. The van der Waals surface area contributed by atoms with Crippen molar-refractivity contribution in [3.63, 3.8) is 0 Å². The number of hydrogen-bond acceptors (Lipinski definition) is 4. The van der Waals surface area contributed by atoms with E-state index in [2.05, 4.69) is 28.4 Å². The van der Waals surface area contributed by atoms with Crippen molar-refractivity contribution in [2.45, 2.75) is 6.54 Å². The summed E-state index contributed by atoms with van der Waals surface area (Å²) in [4.78, 5) is 16.6. The fraction of sp³-hybridized carbons (Fsp3) is 0.300. The zero-order valence-corrected chi connectivity index (χ0v) is 14.2. The standard InChI is InChI=1S/C20H22N4O/c21-14-17-6-8-18(9-7-17)15-22-16-20(25)24-12-10-23(11-13-24)19-4-2-1-3-5-19/h1-9,22H,10-13,15-16H2. The van der Waals surface area contributed by atoms with E-state index in [0.717, 1.165) is 31.7 Å². The summed E-state index contributed by atoms with van der Waals surface area (Å²) in [5.74, 6) is 0.140. The number of rotatable bonds is 5. The van der Waals surface area contributed by atoms with E-state index in [9.17, 15) is 4.79 Å². The van der Waals surface area contributed by atoms with Crippen molar-refractivity contribution >= 4 is 11.6 Å². The molecule has 2 aromatic rings. The molecular formula is C20H22N4O. The van der Waals surface area contributed by atoms with Crippen molar-refractivity contribution in [3.8, 4) is 6.07 Å². The van der Waals surface area contributed by atoms with Crippen LogP contribution in [0.3, 0.4) is 0 Å². The number of hydrogen-bond donors (Lipinski definition) is 1. The Morgan fingerprint density at radius 1 is 1.00 bits per heavy atom. The Hall–Kier alpha value is -2.84. The molecule has 128 valence electrons. The first-order chi connectivity index (χ1) is 12.3. The van der Waals surface area contributed by atoms with Gasteiger partial charge < -0.3 is 15.1 Å². The van der Waals surface area contributed by atoms with E-state index in [1.807, 2.05) is 35.2 Å². The summed E-state index contributed by atoms with van der Waals surface area (Å²) in [5.41, 5.74) is 2.94. The van der Waals surface area contributed by atoms with Crippen LogP contribution in [0.1, 0.15) is 11.1 Å². The van der Waals surface area contributed by atoms with E-state index < -0.39 is 0 Å². The monoisotopic (exact) mass is 334 g/mol. The van der Waals surface area contributed by atoms with Crippen molar-refractivity contribution < 1.29 is 4.79 Å². The van der Waals surface area contributed by atoms with Crippen molar-refractivity contribution in [1.82, 2.24) is 10.2 Å². The lowest BCUT2D eigenvalue weighted by atomic mass is 10.1. The molecule has 0 saturated carbocycles. The number of carbonyl (C=O) groups excluding carboxylic acids is 1. The second-order valence-corrected chi connectivity index (χ2v) is 6.12. The average molecular weight is 334 g/mol. The summed E-state index contributed by atoms with van der Waals surface area (Å²) >= 11 is 0. The lowest BCUT2D eigenvalue weighted by molar-refractivity contribution is -0.130. The molecule has 1 aliphatic heterocycles. The summed E-state index contributed by atoms with van der Waals surface area (Å²) in [6.07, 6.45) is 0. The number of benzene rings is 2. The smallest absolute Gasteiger partial charge is 0.236 e. The van der Waals surface area contributed by atoms with E-state index >= 15 is 0 Å². The number of anilines is 1. The van der Waals surface area contributed by atoms with Gasteiger partial charge in [-0.2, -0.15) is 5.26 Å². The Kier molecular flexibility index (Phi) is 5.65. The van der Waals surface area contributed by atoms with Gasteiger partial charge in [0.25, 0.3) is 0 Å². The number of amides is 1. The third-order valence-electron chi connectivity index (χ3n) is 4.44. The van der Waals surface area contributed by atoms with E-state index in [-0.39, 0.29) is 5.91 Å². The highest BCUT2D eigenvalue weighted by Gasteiger charge is 2.20. The Labute approximate surface area is 148 Å². The summed E-state index contributed by atoms with van der Waals surface area (Å²) in [6, 6.07) is 19.8. The lowest BCUT2D eigenvalue weighted by Crippen LogP contribution is -2.50.